The number of nitro benzene ring substituents is 1. The zero-order valence-corrected chi connectivity index (χ0v) is 15.8. The van der Waals surface area contributed by atoms with Crippen LogP contribution in [0.4, 0.5) is 17.1 Å². The Balaban J connectivity index is 0.00000208. The van der Waals surface area contributed by atoms with E-state index in [2.05, 4.69) is 15.6 Å². The summed E-state index contributed by atoms with van der Waals surface area (Å²) in [6.07, 6.45) is 4.69. The molecule has 0 radical (unpaired) electrons. The summed E-state index contributed by atoms with van der Waals surface area (Å²) in [6.45, 7) is 0.308. The van der Waals surface area contributed by atoms with Crippen LogP contribution in [0.3, 0.4) is 0 Å². The summed E-state index contributed by atoms with van der Waals surface area (Å²) in [6, 6.07) is 5.56. The van der Waals surface area contributed by atoms with Gasteiger partial charge in [0.25, 0.3) is 5.69 Å². The Labute approximate surface area is 178 Å². The third-order valence-corrected chi connectivity index (χ3v) is 3.27. The van der Waals surface area contributed by atoms with Crippen LogP contribution in [-0.2, 0) is 0 Å². The fraction of sp³-hybridized carbons (Fsp3) is 0.0714. The molecular formula is C14H10KN6O3+. The van der Waals surface area contributed by atoms with Crippen LogP contribution in [-0.4, -0.2) is 21.9 Å². The Kier molecular flexibility index (Phi) is 5.87. The molecule has 0 saturated heterocycles. The van der Waals surface area contributed by atoms with E-state index in [0.717, 1.165) is 0 Å². The van der Waals surface area contributed by atoms with Gasteiger partial charge in [-0.25, -0.2) is 4.99 Å². The Bertz CT molecular complexity index is 911. The predicted octanol–water partition coefficient (Wildman–Crippen LogP) is -1.72. The third kappa shape index (κ3) is 3.72. The SMILES string of the molecule is N#CNC1=Nc2cc([N+](=O)[O-])c(-n3ccc(=O)cc3)cc2NC1.[K+]. The third-order valence-electron chi connectivity index (χ3n) is 3.27. The van der Waals surface area contributed by atoms with Gasteiger partial charge in [-0.05, 0) is 6.07 Å². The Hall–Kier alpha value is -2.03. The van der Waals surface area contributed by atoms with Gasteiger partial charge in [-0.2, -0.15) is 5.26 Å². The van der Waals surface area contributed by atoms with Gasteiger partial charge in [0.2, 0.25) is 0 Å². The van der Waals surface area contributed by atoms with Crippen LogP contribution in [0.2, 0.25) is 0 Å². The van der Waals surface area contributed by atoms with E-state index >= 15 is 0 Å². The number of nitriles is 1. The molecular weight excluding hydrogens is 339 g/mol. The first-order valence-corrected chi connectivity index (χ1v) is 6.56. The van der Waals surface area contributed by atoms with Crippen LogP contribution in [0, 0.1) is 21.6 Å². The fourth-order valence-electron chi connectivity index (χ4n) is 2.23. The smallest absolute Gasteiger partial charge is 0.376 e. The molecule has 2 N–H and O–H groups in total. The Morgan fingerprint density at radius 2 is 2.08 bits per heavy atom. The van der Waals surface area contributed by atoms with Crippen LogP contribution in [0.15, 0.2) is 46.4 Å². The van der Waals surface area contributed by atoms with E-state index in [9.17, 15) is 14.9 Å². The van der Waals surface area contributed by atoms with Crippen molar-refractivity contribution in [2.45, 2.75) is 0 Å². The number of rotatable bonds is 2. The largest absolute Gasteiger partial charge is 1.00 e. The maximum absolute atomic E-state index is 11.3. The van der Waals surface area contributed by atoms with Crippen molar-refractivity contribution in [1.82, 2.24) is 9.88 Å². The van der Waals surface area contributed by atoms with Gasteiger partial charge in [0.1, 0.15) is 11.5 Å². The van der Waals surface area contributed by atoms with E-state index in [1.54, 1.807) is 12.3 Å². The number of aromatic nitrogens is 1. The maximum Gasteiger partial charge on any atom is 1.00 e. The molecule has 9 nitrogen and oxygen atoms in total. The predicted molar refractivity (Wildman–Crippen MR) is 83.0 cm³/mol. The molecule has 0 unspecified atom stereocenters. The van der Waals surface area contributed by atoms with E-state index in [4.69, 9.17) is 5.26 Å². The summed E-state index contributed by atoms with van der Waals surface area (Å²) in [4.78, 5) is 26.2. The van der Waals surface area contributed by atoms with Crippen molar-refractivity contribution < 1.29 is 56.3 Å². The number of nitrogens with zero attached hydrogens (tertiary/aromatic N) is 4. The average molecular weight is 349 g/mol. The van der Waals surface area contributed by atoms with E-state index in [0.29, 0.717) is 29.4 Å². The molecule has 0 saturated carbocycles. The summed E-state index contributed by atoms with van der Waals surface area (Å²) >= 11 is 0. The van der Waals surface area contributed by atoms with Crippen molar-refractivity contribution in [3.05, 3.63) is 57.0 Å². The standard InChI is InChI=1S/C14H10N6O3.K/c15-8-17-14-7-16-10-5-12(19-3-1-9(21)2-4-19)13(20(22)23)6-11(10)18-14;/h1-6,16H,7H2,(H,17,18);/q;+1. The van der Waals surface area contributed by atoms with Crippen molar-refractivity contribution >= 4 is 22.9 Å². The van der Waals surface area contributed by atoms with Gasteiger partial charge < -0.3 is 9.88 Å². The minimum atomic E-state index is -0.519. The number of anilines is 1. The van der Waals surface area contributed by atoms with Gasteiger partial charge in [0.05, 0.1) is 22.8 Å². The average Bonchev–Trinajstić information content (AvgIpc) is 2.54. The van der Waals surface area contributed by atoms with E-state index in [1.165, 1.54) is 35.2 Å². The summed E-state index contributed by atoms with van der Waals surface area (Å²) in [5.74, 6) is 0.380. The van der Waals surface area contributed by atoms with Crippen LogP contribution < -0.4 is 67.4 Å². The zero-order valence-electron chi connectivity index (χ0n) is 12.7. The molecule has 0 spiro atoms. The fourth-order valence-corrected chi connectivity index (χ4v) is 2.23. The van der Waals surface area contributed by atoms with Crippen LogP contribution >= 0.6 is 0 Å². The van der Waals surface area contributed by atoms with Gasteiger partial charge in [-0.1, -0.05) is 0 Å². The summed E-state index contributed by atoms with van der Waals surface area (Å²) in [5, 5.41) is 25.4. The summed E-state index contributed by atoms with van der Waals surface area (Å²) in [5.41, 5.74) is 0.944. The monoisotopic (exact) mass is 349 g/mol. The molecule has 24 heavy (non-hydrogen) atoms. The first-order valence-electron chi connectivity index (χ1n) is 6.56. The normalized spacial score (nSPS) is 11.9. The number of nitro groups is 1. The van der Waals surface area contributed by atoms with Crippen molar-refractivity contribution in [2.75, 3.05) is 11.9 Å². The van der Waals surface area contributed by atoms with Crippen molar-refractivity contribution in [3.8, 4) is 11.9 Å². The van der Waals surface area contributed by atoms with E-state index in [1.807, 2.05) is 0 Å². The molecule has 1 aromatic heterocycles. The van der Waals surface area contributed by atoms with E-state index < -0.39 is 4.92 Å². The minimum Gasteiger partial charge on any atom is -0.376 e. The molecule has 114 valence electrons. The number of benzene rings is 1. The topological polar surface area (TPSA) is 125 Å². The Morgan fingerprint density at radius 3 is 2.71 bits per heavy atom. The molecule has 2 aromatic rings. The van der Waals surface area contributed by atoms with Crippen molar-refractivity contribution in [3.63, 3.8) is 0 Å². The molecule has 0 amide bonds. The molecule has 1 aromatic carbocycles. The number of fused-ring (bicyclic) bond motifs is 1. The second-order valence-electron chi connectivity index (χ2n) is 4.71. The van der Waals surface area contributed by atoms with Gasteiger partial charge in [0, 0.05) is 30.6 Å². The number of pyridine rings is 1. The number of aliphatic imine (C=N–C) groups is 1. The molecule has 2 heterocycles. The second kappa shape index (κ2) is 7.69. The first-order chi connectivity index (χ1) is 11.1. The van der Waals surface area contributed by atoms with Crippen LogP contribution in [0.25, 0.3) is 5.69 Å². The molecule has 1 aliphatic rings. The van der Waals surface area contributed by atoms with Crippen LogP contribution in [0.1, 0.15) is 0 Å². The van der Waals surface area contributed by atoms with E-state index in [-0.39, 0.29) is 62.5 Å². The number of amidine groups is 1. The maximum atomic E-state index is 11.3. The molecule has 0 aliphatic carbocycles. The Morgan fingerprint density at radius 1 is 1.38 bits per heavy atom. The second-order valence-corrected chi connectivity index (χ2v) is 4.71. The number of hydrogen-bond donors (Lipinski definition) is 2. The zero-order chi connectivity index (χ0) is 16.4. The minimum absolute atomic E-state index is 0. The van der Waals surface area contributed by atoms with Crippen LogP contribution in [0.5, 0.6) is 0 Å². The van der Waals surface area contributed by atoms with Crippen molar-refractivity contribution in [2.24, 2.45) is 4.99 Å². The van der Waals surface area contributed by atoms with Gasteiger partial charge >= 0.3 is 51.4 Å². The van der Waals surface area contributed by atoms with Crippen molar-refractivity contribution in [1.29, 1.82) is 5.26 Å². The number of nitrogens with one attached hydrogen (secondary N) is 2. The van der Waals surface area contributed by atoms with Gasteiger partial charge in [-0.15, -0.1) is 0 Å². The molecule has 3 rings (SSSR count). The molecule has 0 atom stereocenters. The molecule has 1 aliphatic heterocycles. The van der Waals surface area contributed by atoms with Gasteiger partial charge in [-0.3, -0.25) is 20.2 Å². The summed E-state index contributed by atoms with van der Waals surface area (Å²) in [7, 11) is 0. The quantitative estimate of drug-likeness (QED) is 0.218. The molecule has 0 fully saturated rings. The molecule has 0 bridgehead atoms. The number of hydrogen-bond acceptors (Lipinski definition) is 7. The summed E-state index contributed by atoms with van der Waals surface area (Å²) < 4.78 is 1.49. The van der Waals surface area contributed by atoms with Gasteiger partial charge in [0.15, 0.2) is 11.6 Å². The molecule has 10 heteroatoms. The first kappa shape index (κ1) is 18.3.